The summed E-state index contributed by atoms with van der Waals surface area (Å²) < 4.78 is 0. The molecular weight excluding hydrogens is 298 g/mol. The first-order valence-electron chi connectivity index (χ1n) is 7.67. The van der Waals surface area contributed by atoms with Crippen molar-refractivity contribution in [3.8, 4) is 0 Å². The number of nitrogens with one attached hydrogen (secondary N) is 1. The van der Waals surface area contributed by atoms with Gasteiger partial charge in [0.25, 0.3) is 0 Å². The van der Waals surface area contributed by atoms with Gasteiger partial charge < -0.3 is 20.2 Å². The smallest absolute Gasteiger partial charge is 0.326 e. The second kappa shape index (κ2) is 7.26. The van der Waals surface area contributed by atoms with Gasteiger partial charge in [0.15, 0.2) is 0 Å². The van der Waals surface area contributed by atoms with Crippen LogP contribution in [0.5, 0.6) is 0 Å². The first kappa shape index (κ1) is 17.0. The molecule has 1 saturated heterocycles. The van der Waals surface area contributed by atoms with E-state index in [1.807, 2.05) is 18.7 Å². The molecule has 1 aromatic heterocycles. The molecule has 2 heterocycles. The number of rotatable bonds is 6. The average molecular weight is 321 g/mol. The van der Waals surface area contributed by atoms with Gasteiger partial charge in [-0.25, -0.2) is 14.8 Å². The number of aliphatic carboxylic acids is 1. The number of anilines is 2. The number of hydrogen-bond acceptors (Lipinski definition) is 6. The molecule has 126 valence electrons. The van der Waals surface area contributed by atoms with E-state index < -0.39 is 12.0 Å². The van der Waals surface area contributed by atoms with Gasteiger partial charge in [0, 0.05) is 26.2 Å². The van der Waals surface area contributed by atoms with Gasteiger partial charge in [-0.3, -0.25) is 4.79 Å². The minimum Gasteiger partial charge on any atom is -0.480 e. The predicted octanol–water partition coefficient (Wildman–Crippen LogP) is 0.666. The highest BCUT2D eigenvalue weighted by Crippen LogP contribution is 2.18. The van der Waals surface area contributed by atoms with Crippen LogP contribution in [0.4, 0.5) is 11.6 Å². The summed E-state index contributed by atoms with van der Waals surface area (Å²) in [4.78, 5) is 35.0. The minimum atomic E-state index is -0.909. The number of aromatic nitrogens is 2. The van der Waals surface area contributed by atoms with Crippen LogP contribution in [0.2, 0.25) is 0 Å². The summed E-state index contributed by atoms with van der Waals surface area (Å²) in [6, 6.07) is 0.987. The number of nitrogens with zero attached hydrogens (tertiary/aromatic N) is 4. The number of carboxylic acid groups (broad SMARTS) is 1. The van der Waals surface area contributed by atoms with Crippen LogP contribution >= 0.6 is 0 Å². The van der Waals surface area contributed by atoms with E-state index in [0.29, 0.717) is 31.1 Å². The lowest BCUT2D eigenvalue weighted by molar-refractivity contribution is -0.138. The van der Waals surface area contributed by atoms with Crippen LogP contribution in [0, 0.1) is 5.92 Å². The van der Waals surface area contributed by atoms with Gasteiger partial charge in [-0.1, -0.05) is 13.8 Å². The first-order valence-corrected chi connectivity index (χ1v) is 7.67. The Kier molecular flexibility index (Phi) is 5.36. The van der Waals surface area contributed by atoms with Crippen LogP contribution in [0.15, 0.2) is 12.4 Å². The summed E-state index contributed by atoms with van der Waals surface area (Å²) in [5, 5.41) is 12.2. The number of piperazine rings is 1. The van der Waals surface area contributed by atoms with Crippen molar-refractivity contribution < 1.29 is 14.7 Å². The summed E-state index contributed by atoms with van der Waals surface area (Å²) in [5.41, 5.74) is 0. The van der Waals surface area contributed by atoms with Gasteiger partial charge in [0.2, 0.25) is 5.91 Å². The highest BCUT2D eigenvalue weighted by molar-refractivity contribution is 5.82. The van der Waals surface area contributed by atoms with E-state index in [1.54, 1.807) is 18.0 Å². The molecule has 1 atom stereocenters. The first-order chi connectivity index (χ1) is 10.9. The third kappa shape index (κ3) is 4.54. The predicted molar refractivity (Wildman–Crippen MR) is 86.4 cm³/mol. The maximum atomic E-state index is 11.8. The maximum Gasteiger partial charge on any atom is 0.326 e. The number of carbonyl (C=O) groups excluding carboxylic acids is 1. The lowest BCUT2D eigenvalue weighted by atomic mass is 10.0. The summed E-state index contributed by atoms with van der Waals surface area (Å²) in [7, 11) is 1.77. The van der Waals surface area contributed by atoms with Gasteiger partial charge in [-0.15, -0.1) is 0 Å². The Morgan fingerprint density at radius 3 is 2.74 bits per heavy atom. The Bertz CT molecular complexity index is 578. The molecule has 1 aliphatic heterocycles. The quantitative estimate of drug-likeness (QED) is 0.794. The van der Waals surface area contributed by atoms with Gasteiger partial charge in [0.05, 0.1) is 6.54 Å². The molecule has 8 nitrogen and oxygen atoms in total. The Balaban J connectivity index is 2.10. The van der Waals surface area contributed by atoms with E-state index in [2.05, 4.69) is 15.3 Å². The highest BCUT2D eigenvalue weighted by atomic mass is 16.4. The zero-order valence-electron chi connectivity index (χ0n) is 13.7. The van der Waals surface area contributed by atoms with Crippen LogP contribution in [-0.4, -0.2) is 64.6 Å². The van der Waals surface area contributed by atoms with E-state index in [1.165, 1.54) is 6.33 Å². The van der Waals surface area contributed by atoms with Gasteiger partial charge >= 0.3 is 5.97 Å². The van der Waals surface area contributed by atoms with Crippen molar-refractivity contribution in [1.82, 2.24) is 14.9 Å². The van der Waals surface area contributed by atoms with Crippen LogP contribution in [0.1, 0.15) is 20.3 Å². The fourth-order valence-corrected chi connectivity index (χ4v) is 2.42. The second-order valence-corrected chi connectivity index (χ2v) is 6.16. The zero-order valence-corrected chi connectivity index (χ0v) is 13.7. The molecule has 0 aromatic carbocycles. The van der Waals surface area contributed by atoms with Crippen molar-refractivity contribution in [1.29, 1.82) is 0 Å². The SMILES string of the molecule is CC(C)CC(Nc1cc(N2CCN(C)C(=O)C2)ncn1)C(=O)O. The zero-order chi connectivity index (χ0) is 17.0. The average Bonchev–Trinajstić information content (AvgIpc) is 2.49. The Morgan fingerprint density at radius 2 is 2.13 bits per heavy atom. The largest absolute Gasteiger partial charge is 0.480 e. The lowest BCUT2D eigenvalue weighted by Crippen LogP contribution is -2.48. The molecule has 0 saturated carbocycles. The van der Waals surface area contributed by atoms with Crippen LogP contribution in [-0.2, 0) is 9.59 Å². The van der Waals surface area contributed by atoms with Gasteiger partial charge in [-0.05, 0) is 12.3 Å². The summed E-state index contributed by atoms with van der Waals surface area (Å²) in [5.74, 6) is 0.452. The van der Waals surface area contributed by atoms with E-state index in [9.17, 15) is 14.7 Å². The number of hydrogen-bond donors (Lipinski definition) is 2. The molecule has 1 aliphatic rings. The van der Waals surface area contributed by atoms with Crippen molar-refractivity contribution >= 4 is 23.5 Å². The molecule has 0 aliphatic carbocycles. The number of carboxylic acids is 1. The second-order valence-electron chi connectivity index (χ2n) is 6.16. The lowest BCUT2D eigenvalue weighted by Gasteiger charge is -2.32. The molecule has 0 bridgehead atoms. The maximum absolute atomic E-state index is 11.8. The van der Waals surface area contributed by atoms with Crippen molar-refractivity contribution in [3.63, 3.8) is 0 Å². The van der Waals surface area contributed by atoms with Crippen molar-refractivity contribution in [2.45, 2.75) is 26.3 Å². The third-order valence-electron chi connectivity index (χ3n) is 3.76. The van der Waals surface area contributed by atoms with Crippen LogP contribution in [0.3, 0.4) is 0 Å². The highest BCUT2D eigenvalue weighted by Gasteiger charge is 2.23. The van der Waals surface area contributed by atoms with Crippen LogP contribution in [0.25, 0.3) is 0 Å². The molecule has 23 heavy (non-hydrogen) atoms. The molecule has 0 radical (unpaired) electrons. The summed E-state index contributed by atoms with van der Waals surface area (Å²) in [6.45, 7) is 5.53. The van der Waals surface area contributed by atoms with Crippen molar-refractivity contribution in [2.24, 2.45) is 5.92 Å². The molecule has 1 aromatic rings. The molecular formula is C15H23N5O3. The molecule has 1 amide bonds. The van der Waals surface area contributed by atoms with E-state index in [0.717, 1.165) is 0 Å². The van der Waals surface area contributed by atoms with E-state index >= 15 is 0 Å². The van der Waals surface area contributed by atoms with Gasteiger partial charge in [0.1, 0.15) is 24.0 Å². The third-order valence-corrected chi connectivity index (χ3v) is 3.76. The molecule has 1 unspecified atom stereocenters. The Hall–Kier alpha value is -2.38. The van der Waals surface area contributed by atoms with E-state index in [4.69, 9.17) is 0 Å². The molecule has 8 heteroatoms. The number of likely N-dealkylation sites (N-methyl/N-ethyl adjacent to an activating group) is 1. The summed E-state index contributed by atoms with van der Waals surface area (Å²) in [6.07, 6.45) is 1.89. The fourth-order valence-electron chi connectivity index (χ4n) is 2.42. The van der Waals surface area contributed by atoms with Gasteiger partial charge in [-0.2, -0.15) is 0 Å². The molecule has 1 fully saturated rings. The Labute approximate surface area is 135 Å². The fraction of sp³-hybridized carbons (Fsp3) is 0.600. The molecule has 2 rings (SSSR count). The normalized spacial score (nSPS) is 16.6. The summed E-state index contributed by atoms with van der Waals surface area (Å²) >= 11 is 0. The van der Waals surface area contributed by atoms with E-state index in [-0.39, 0.29) is 18.4 Å². The molecule has 0 spiro atoms. The minimum absolute atomic E-state index is 0.0348. The van der Waals surface area contributed by atoms with Crippen molar-refractivity contribution in [3.05, 3.63) is 12.4 Å². The van der Waals surface area contributed by atoms with Crippen molar-refractivity contribution in [2.75, 3.05) is 36.9 Å². The number of amides is 1. The Morgan fingerprint density at radius 1 is 1.39 bits per heavy atom. The monoisotopic (exact) mass is 321 g/mol. The topological polar surface area (TPSA) is 98.7 Å². The van der Waals surface area contributed by atoms with Crippen LogP contribution < -0.4 is 10.2 Å². The standard InChI is InChI=1S/C15H23N5O3/c1-10(2)6-11(15(22)23)18-12-7-13(17-9-16-12)20-5-4-19(3)14(21)8-20/h7,9-11H,4-6,8H2,1-3H3,(H,22,23)(H,16,17,18). The number of carbonyl (C=O) groups is 2. The molecule has 2 N–H and O–H groups in total.